The molecular weight excluding hydrogens is 250 g/mol. The molecule has 0 fully saturated rings. The summed E-state index contributed by atoms with van der Waals surface area (Å²) in [6, 6.07) is 5.71. The highest BCUT2D eigenvalue weighted by Crippen LogP contribution is 2.23. The first-order valence-corrected chi connectivity index (χ1v) is 6.92. The van der Waals surface area contributed by atoms with Crippen LogP contribution in [0.1, 0.15) is 44.7 Å². The van der Waals surface area contributed by atoms with E-state index in [0.29, 0.717) is 6.42 Å². The van der Waals surface area contributed by atoms with Crippen LogP contribution < -0.4 is 5.32 Å². The average Bonchev–Trinajstić information content (AvgIpc) is 2.42. The van der Waals surface area contributed by atoms with E-state index in [1.165, 1.54) is 0 Å². The van der Waals surface area contributed by atoms with Gasteiger partial charge in [0.15, 0.2) is 0 Å². The third-order valence-electron chi connectivity index (χ3n) is 3.45. The van der Waals surface area contributed by atoms with Crippen LogP contribution in [-0.4, -0.2) is 17.6 Å². The molecule has 0 aliphatic carbocycles. The third-order valence-corrected chi connectivity index (χ3v) is 3.45. The molecule has 1 aromatic rings. The molecule has 0 aromatic heterocycles. The van der Waals surface area contributed by atoms with Crippen LogP contribution in [0.2, 0.25) is 0 Å². The number of anilines is 1. The van der Waals surface area contributed by atoms with Crippen molar-refractivity contribution < 1.29 is 9.90 Å². The van der Waals surface area contributed by atoms with E-state index in [2.05, 4.69) is 17.2 Å². The van der Waals surface area contributed by atoms with Crippen molar-refractivity contribution in [3.05, 3.63) is 29.3 Å². The van der Waals surface area contributed by atoms with Gasteiger partial charge in [0, 0.05) is 23.1 Å². The molecule has 0 saturated carbocycles. The molecule has 20 heavy (non-hydrogen) atoms. The molecular formula is C17H23NO2. The minimum Gasteiger partial charge on any atom is -0.395 e. The molecule has 0 saturated heterocycles. The molecule has 1 amide bonds. The fraction of sp³-hybridized carbons (Fsp3) is 0.471. The summed E-state index contributed by atoms with van der Waals surface area (Å²) in [6.07, 6.45) is 1.24. The highest BCUT2D eigenvalue weighted by molar-refractivity contribution is 5.94. The molecule has 3 nitrogen and oxygen atoms in total. The molecule has 0 unspecified atom stereocenters. The molecule has 3 heteroatoms. The van der Waals surface area contributed by atoms with Gasteiger partial charge >= 0.3 is 0 Å². The second kappa shape index (κ2) is 7.12. The van der Waals surface area contributed by atoms with Crippen LogP contribution >= 0.6 is 0 Å². The number of rotatable bonds is 4. The lowest BCUT2D eigenvalue weighted by Gasteiger charge is -2.21. The molecule has 0 radical (unpaired) electrons. The van der Waals surface area contributed by atoms with Crippen LogP contribution in [0.3, 0.4) is 0 Å². The van der Waals surface area contributed by atoms with Gasteiger partial charge in [-0.05, 0) is 31.0 Å². The number of aryl methyl sites for hydroxylation is 1. The van der Waals surface area contributed by atoms with Gasteiger partial charge in [0.1, 0.15) is 0 Å². The molecule has 0 atom stereocenters. The lowest BCUT2D eigenvalue weighted by Crippen LogP contribution is -2.30. The summed E-state index contributed by atoms with van der Waals surface area (Å²) < 4.78 is 0. The number of benzene rings is 1. The minimum atomic E-state index is -0.381. The van der Waals surface area contributed by atoms with Crippen molar-refractivity contribution >= 4 is 11.6 Å². The third kappa shape index (κ3) is 4.40. The number of carbonyl (C=O) groups is 1. The van der Waals surface area contributed by atoms with Gasteiger partial charge < -0.3 is 10.4 Å². The maximum Gasteiger partial charge on any atom is 0.230 e. The number of hydrogen-bond acceptors (Lipinski definition) is 2. The molecule has 0 aliphatic heterocycles. The van der Waals surface area contributed by atoms with Crippen LogP contribution in [0.4, 0.5) is 5.69 Å². The first kappa shape index (κ1) is 16.3. The summed E-state index contributed by atoms with van der Waals surface area (Å²) in [6.45, 7) is 7.90. The molecule has 0 heterocycles. The van der Waals surface area contributed by atoms with Crippen molar-refractivity contribution in [3.63, 3.8) is 0 Å². The van der Waals surface area contributed by atoms with Crippen molar-refractivity contribution in [2.24, 2.45) is 5.41 Å². The number of hydrogen-bond donors (Lipinski definition) is 2. The Balaban J connectivity index is 2.91. The van der Waals surface area contributed by atoms with Gasteiger partial charge in [-0.2, -0.15) is 0 Å². The number of aliphatic hydroxyl groups excluding tert-OH is 1. The molecule has 0 aliphatic rings. The van der Waals surface area contributed by atoms with E-state index in [9.17, 15) is 4.79 Å². The Hall–Kier alpha value is -1.79. The van der Waals surface area contributed by atoms with Crippen molar-refractivity contribution in [3.8, 4) is 11.8 Å². The van der Waals surface area contributed by atoms with Crippen LogP contribution in [-0.2, 0) is 4.79 Å². The van der Waals surface area contributed by atoms with Crippen LogP contribution in [0.25, 0.3) is 0 Å². The molecule has 2 N–H and O–H groups in total. The average molecular weight is 273 g/mol. The van der Waals surface area contributed by atoms with E-state index < -0.39 is 0 Å². The lowest BCUT2D eigenvalue weighted by molar-refractivity contribution is -0.124. The standard InChI is InChI=1S/C17H23NO2/c1-5-17(3,4)16(20)18-15-10-9-13(2)14(12-15)8-6-7-11-19/h9-10,12,19H,5,7,11H2,1-4H3,(H,18,20). The summed E-state index contributed by atoms with van der Waals surface area (Å²) in [7, 11) is 0. The maximum atomic E-state index is 12.1. The first-order chi connectivity index (χ1) is 9.40. The summed E-state index contributed by atoms with van der Waals surface area (Å²) in [5, 5.41) is 11.7. The zero-order chi connectivity index (χ0) is 15.2. The van der Waals surface area contributed by atoms with Crippen molar-refractivity contribution in [1.29, 1.82) is 0 Å². The molecule has 0 spiro atoms. The highest BCUT2D eigenvalue weighted by Gasteiger charge is 2.25. The Bertz CT molecular complexity index is 536. The van der Waals surface area contributed by atoms with Crippen LogP contribution in [0.5, 0.6) is 0 Å². The fourth-order valence-electron chi connectivity index (χ4n) is 1.51. The molecule has 108 valence electrons. The smallest absolute Gasteiger partial charge is 0.230 e. The van der Waals surface area contributed by atoms with Gasteiger partial charge in [0.2, 0.25) is 5.91 Å². The number of nitrogens with one attached hydrogen (secondary N) is 1. The Morgan fingerprint density at radius 3 is 2.70 bits per heavy atom. The number of carbonyl (C=O) groups excluding carboxylic acids is 1. The lowest BCUT2D eigenvalue weighted by atomic mass is 9.89. The quantitative estimate of drug-likeness (QED) is 0.828. The van der Waals surface area contributed by atoms with Gasteiger partial charge in [0.25, 0.3) is 0 Å². The zero-order valence-electron chi connectivity index (χ0n) is 12.7. The highest BCUT2D eigenvalue weighted by atomic mass is 16.2. The van der Waals surface area contributed by atoms with E-state index in [1.807, 2.05) is 45.9 Å². The maximum absolute atomic E-state index is 12.1. The van der Waals surface area contributed by atoms with Crippen molar-refractivity contribution in [2.75, 3.05) is 11.9 Å². The van der Waals surface area contributed by atoms with Crippen LogP contribution in [0.15, 0.2) is 18.2 Å². The van der Waals surface area contributed by atoms with E-state index in [-0.39, 0.29) is 17.9 Å². The monoisotopic (exact) mass is 273 g/mol. The fourth-order valence-corrected chi connectivity index (χ4v) is 1.51. The van der Waals surface area contributed by atoms with Gasteiger partial charge in [-0.25, -0.2) is 0 Å². The summed E-state index contributed by atoms with van der Waals surface area (Å²) in [4.78, 5) is 12.1. The first-order valence-electron chi connectivity index (χ1n) is 6.92. The Kier molecular flexibility index (Phi) is 5.79. The molecule has 0 bridgehead atoms. The second-order valence-corrected chi connectivity index (χ2v) is 5.50. The van der Waals surface area contributed by atoms with E-state index in [4.69, 9.17) is 5.11 Å². The summed E-state index contributed by atoms with van der Waals surface area (Å²) in [5.41, 5.74) is 2.32. The predicted octanol–water partition coefficient (Wildman–Crippen LogP) is 3.10. The molecule has 1 aromatic carbocycles. The van der Waals surface area contributed by atoms with Gasteiger partial charge in [0.05, 0.1) is 6.61 Å². The van der Waals surface area contributed by atoms with Gasteiger partial charge in [-0.1, -0.05) is 38.7 Å². The minimum absolute atomic E-state index is 0.0121. The normalized spacial score (nSPS) is 10.7. The van der Waals surface area contributed by atoms with Crippen molar-refractivity contribution in [1.82, 2.24) is 0 Å². The van der Waals surface area contributed by atoms with E-state index >= 15 is 0 Å². The van der Waals surface area contributed by atoms with Crippen LogP contribution in [0, 0.1) is 24.2 Å². The second-order valence-electron chi connectivity index (χ2n) is 5.50. The Morgan fingerprint density at radius 1 is 1.40 bits per heavy atom. The van der Waals surface area contributed by atoms with Gasteiger partial charge in [-0.3, -0.25) is 4.79 Å². The zero-order valence-corrected chi connectivity index (χ0v) is 12.7. The Morgan fingerprint density at radius 2 is 2.10 bits per heavy atom. The number of aliphatic hydroxyl groups is 1. The summed E-state index contributed by atoms with van der Waals surface area (Å²) in [5.74, 6) is 5.93. The van der Waals surface area contributed by atoms with E-state index in [1.54, 1.807) is 0 Å². The largest absolute Gasteiger partial charge is 0.395 e. The van der Waals surface area contributed by atoms with E-state index in [0.717, 1.165) is 23.2 Å². The van der Waals surface area contributed by atoms with Gasteiger partial charge in [-0.15, -0.1) is 0 Å². The topological polar surface area (TPSA) is 49.3 Å². The number of amides is 1. The predicted molar refractivity (Wildman–Crippen MR) is 82.5 cm³/mol. The molecule has 1 rings (SSSR count). The van der Waals surface area contributed by atoms with Crippen molar-refractivity contribution in [2.45, 2.75) is 40.5 Å². The Labute approximate surface area is 121 Å². The SMILES string of the molecule is CCC(C)(C)C(=O)Nc1ccc(C)c(C#CCCO)c1. The summed E-state index contributed by atoms with van der Waals surface area (Å²) >= 11 is 0.